The maximum atomic E-state index is 12.2. The first-order valence-corrected chi connectivity index (χ1v) is 10.4. The van der Waals surface area contributed by atoms with Crippen LogP contribution in [0.3, 0.4) is 0 Å². The molecule has 0 aromatic carbocycles. The molecular weight excluding hydrogens is 342 g/mol. The van der Waals surface area contributed by atoms with Crippen LogP contribution < -0.4 is 10.6 Å². The first kappa shape index (κ1) is 21.5. The van der Waals surface area contributed by atoms with Crippen molar-refractivity contribution >= 4 is 17.8 Å². The van der Waals surface area contributed by atoms with E-state index in [1.807, 2.05) is 18.7 Å². The van der Waals surface area contributed by atoms with Crippen LogP contribution in [0.5, 0.6) is 0 Å². The van der Waals surface area contributed by atoms with Crippen molar-refractivity contribution in [1.29, 1.82) is 0 Å². The van der Waals surface area contributed by atoms with Gasteiger partial charge in [-0.25, -0.2) is 4.99 Å². The summed E-state index contributed by atoms with van der Waals surface area (Å²) in [5, 5.41) is 7.05. The van der Waals surface area contributed by atoms with Crippen molar-refractivity contribution < 1.29 is 9.59 Å². The van der Waals surface area contributed by atoms with Crippen LogP contribution in [0.4, 0.5) is 0 Å². The second-order valence-electron chi connectivity index (χ2n) is 8.33. The standard InChI is InChI=1S/C20H37N5O2/c1-15(2)19(27)25-12-10-17(11-13-25)23-20(21-14-18(26)24(3)4)22-16-8-6-5-7-9-16/h15-17H,5-14H2,1-4H3,(H2,21,22,23). The number of likely N-dealkylation sites (tertiary alicyclic amines) is 1. The fraction of sp³-hybridized carbons (Fsp3) is 0.850. The third kappa shape index (κ3) is 7.03. The number of amides is 2. The van der Waals surface area contributed by atoms with Crippen LogP contribution in [-0.2, 0) is 9.59 Å². The maximum Gasteiger partial charge on any atom is 0.243 e. The van der Waals surface area contributed by atoms with Crippen LogP contribution in [0.25, 0.3) is 0 Å². The Morgan fingerprint density at radius 3 is 2.07 bits per heavy atom. The lowest BCUT2D eigenvalue weighted by Gasteiger charge is -2.35. The van der Waals surface area contributed by atoms with Crippen molar-refractivity contribution in [3.8, 4) is 0 Å². The molecule has 1 aliphatic heterocycles. The lowest BCUT2D eigenvalue weighted by Crippen LogP contribution is -2.52. The highest BCUT2D eigenvalue weighted by atomic mass is 16.2. The van der Waals surface area contributed by atoms with Crippen LogP contribution >= 0.6 is 0 Å². The van der Waals surface area contributed by atoms with E-state index in [1.165, 1.54) is 19.3 Å². The van der Waals surface area contributed by atoms with E-state index in [2.05, 4.69) is 15.6 Å². The summed E-state index contributed by atoms with van der Waals surface area (Å²) in [6.45, 7) is 5.62. The Morgan fingerprint density at radius 2 is 1.56 bits per heavy atom. The molecule has 7 heteroatoms. The first-order valence-electron chi connectivity index (χ1n) is 10.4. The molecule has 2 amide bonds. The number of nitrogens with one attached hydrogen (secondary N) is 2. The van der Waals surface area contributed by atoms with Gasteiger partial charge in [0.25, 0.3) is 0 Å². The van der Waals surface area contributed by atoms with E-state index >= 15 is 0 Å². The van der Waals surface area contributed by atoms with E-state index in [4.69, 9.17) is 0 Å². The zero-order chi connectivity index (χ0) is 19.8. The molecule has 2 aliphatic rings. The van der Waals surface area contributed by atoms with Gasteiger partial charge in [0, 0.05) is 45.2 Å². The van der Waals surface area contributed by atoms with E-state index in [0.29, 0.717) is 6.04 Å². The molecular formula is C20H37N5O2. The van der Waals surface area contributed by atoms with Gasteiger partial charge in [0.2, 0.25) is 11.8 Å². The highest BCUT2D eigenvalue weighted by Gasteiger charge is 2.25. The van der Waals surface area contributed by atoms with Crippen LogP contribution in [0.2, 0.25) is 0 Å². The third-order valence-electron chi connectivity index (χ3n) is 5.46. The molecule has 0 spiro atoms. The fourth-order valence-corrected chi connectivity index (χ4v) is 3.66. The summed E-state index contributed by atoms with van der Waals surface area (Å²) in [6, 6.07) is 0.715. The van der Waals surface area contributed by atoms with Crippen molar-refractivity contribution in [2.45, 2.75) is 70.9 Å². The van der Waals surface area contributed by atoms with Crippen molar-refractivity contribution in [3.05, 3.63) is 0 Å². The fourth-order valence-electron chi connectivity index (χ4n) is 3.66. The molecule has 0 aromatic rings. The molecule has 0 aromatic heterocycles. The van der Waals surface area contributed by atoms with Crippen molar-refractivity contribution in [1.82, 2.24) is 20.4 Å². The van der Waals surface area contributed by atoms with Gasteiger partial charge in [0.05, 0.1) is 0 Å². The molecule has 2 N–H and O–H groups in total. The Hall–Kier alpha value is -1.79. The molecule has 1 saturated carbocycles. The zero-order valence-electron chi connectivity index (χ0n) is 17.5. The Balaban J connectivity index is 1.91. The summed E-state index contributed by atoms with van der Waals surface area (Å²) in [5.41, 5.74) is 0. The number of carbonyl (C=O) groups excluding carboxylic acids is 2. The van der Waals surface area contributed by atoms with Crippen LogP contribution in [0.1, 0.15) is 58.8 Å². The van der Waals surface area contributed by atoms with Gasteiger partial charge in [0.1, 0.15) is 6.54 Å². The van der Waals surface area contributed by atoms with Crippen LogP contribution in [0.15, 0.2) is 4.99 Å². The monoisotopic (exact) mass is 379 g/mol. The minimum absolute atomic E-state index is 0.00269. The van der Waals surface area contributed by atoms with Gasteiger partial charge >= 0.3 is 0 Å². The third-order valence-corrected chi connectivity index (χ3v) is 5.46. The molecule has 27 heavy (non-hydrogen) atoms. The Morgan fingerprint density at radius 1 is 1.00 bits per heavy atom. The normalized spacial score (nSPS) is 19.9. The molecule has 7 nitrogen and oxygen atoms in total. The molecule has 1 saturated heterocycles. The van der Waals surface area contributed by atoms with Gasteiger partial charge in [-0.3, -0.25) is 9.59 Å². The second kappa shape index (κ2) is 10.5. The van der Waals surface area contributed by atoms with E-state index in [0.717, 1.165) is 44.7 Å². The summed E-state index contributed by atoms with van der Waals surface area (Å²) in [6.07, 6.45) is 7.93. The first-order chi connectivity index (χ1) is 12.9. The lowest BCUT2D eigenvalue weighted by atomic mass is 9.95. The summed E-state index contributed by atoms with van der Waals surface area (Å²) >= 11 is 0. The SMILES string of the molecule is CC(C)C(=O)N1CCC(NC(=NCC(=O)N(C)C)NC2CCCCC2)CC1. The maximum absolute atomic E-state index is 12.2. The molecule has 0 bridgehead atoms. The number of likely N-dealkylation sites (N-methyl/N-ethyl adjacent to an activating group) is 1. The van der Waals surface area contributed by atoms with E-state index in [1.54, 1.807) is 19.0 Å². The largest absolute Gasteiger partial charge is 0.354 e. The molecule has 2 fully saturated rings. The van der Waals surface area contributed by atoms with E-state index < -0.39 is 0 Å². The van der Waals surface area contributed by atoms with Gasteiger partial charge in [-0.1, -0.05) is 33.1 Å². The van der Waals surface area contributed by atoms with Gasteiger partial charge < -0.3 is 20.4 Å². The van der Waals surface area contributed by atoms with Gasteiger partial charge in [-0.15, -0.1) is 0 Å². The number of nitrogens with zero attached hydrogens (tertiary/aromatic N) is 3. The highest BCUT2D eigenvalue weighted by Crippen LogP contribution is 2.18. The number of hydrogen-bond donors (Lipinski definition) is 2. The number of aliphatic imine (C=N–C) groups is 1. The van der Waals surface area contributed by atoms with Crippen LogP contribution in [-0.4, -0.2) is 73.4 Å². The predicted octanol–water partition coefficient (Wildman–Crippen LogP) is 1.59. The Labute approximate surface area is 163 Å². The summed E-state index contributed by atoms with van der Waals surface area (Å²) in [7, 11) is 3.50. The molecule has 2 rings (SSSR count). The molecule has 0 unspecified atom stereocenters. The number of piperidine rings is 1. The van der Waals surface area contributed by atoms with Gasteiger partial charge in [-0.2, -0.15) is 0 Å². The number of rotatable bonds is 5. The van der Waals surface area contributed by atoms with Crippen molar-refractivity contribution in [2.24, 2.45) is 10.9 Å². The molecule has 1 aliphatic carbocycles. The van der Waals surface area contributed by atoms with Crippen molar-refractivity contribution in [3.63, 3.8) is 0 Å². The van der Waals surface area contributed by atoms with Crippen LogP contribution in [0, 0.1) is 5.92 Å². The van der Waals surface area contributed by atoms with E-state index in [9.17, 15) is 9.59 Å². The molecule has 1 heterocycles. The zero-order valence-corrected chi connectivity index (χ0v) is 17.5. The summed E-state index contributed by atoms with van der Waals surface area (Å²) in [4.78, 5) is 32.2. The molecule has 0 atom stereocenters. The lowest BCUT2D eigenvalue weighted by molar-refractivity contribution is -0.135. The summed E-state index contributed by atoms with van der Waals surface area (Å²) in [5.74, 6) is 1.03. The quantitative estimate of drug-likeness (QED) is 0.562. The number of guanidine groups is 1. The number of carbonyl (C=O) groups is 2. The second-order valence-corrected chi connectivity index (χ2v) is 8.33. The smallest absolute Gasteiger partial charge is 0.243 e. The minimum Gasteiger partial charge on any atom is -0.354 e. The average molecular weight is 380 g/mol. The predicted molar refractivity (Wildman–Crippen MR) is 109 cm³/mol. The Bertz CT molecular complexity index is 518. The number of hydrogen-bond acceptors (Lipinski definition) is 3. The van der Waals surface area contributed by atoms with E-state index in [-0.39, 0.29) is 30.3 Å². The molecule has 154 valence electrons. The average Bonchev–Trinajstić information content (AvgIpc) is 2.66. The minimum atomic E-state index is -0.00269. The van der Waals surface area contributed by atoms with Gasteiger partial charge in [0.15, 0.2) is 5.96 Å². The summed E-state index contributed by atoms with van der Waals surface area (Å²) < 4.78 is 0. The topological polar surface area (TPSA) is 77.0 Å². The highest BCUT2D eigenvalue weighted by molar-refractivity contribution is 5.85. The Kier molecular flexibility index (Phi) is 8.38. The molecule has 0 radical (unpaired) electrons. The van der Waals surface area contributed by atoms with Gasteiger partial charge in [-0.05, 0) is 25.7 Å². The van der Waals surface area contributed by atoms with Crippen molar-refractivity contribution in [2.75, 3.05) is 33.7 Å².